The van der Waals surface area contributed by atoms with Crippen LogP contribution in [-0.4, -0.2) is 11.9 Å². The minimum Gasteiger partial charge on any atom is -0.327 e. The molecule has 2 unspecified atom stereocenters. The highest BCUT2D eigenvalue weighted by Crippen LogP contribution is 2.29. The van der Waals surface area contributed by atoms with Crippen molar-refractivity contribution in [2.45, 2.75) is 18.9 Å². The maximum absolute atomic E-state index is 12.0. The first-order chi connectivity index (χ1) is 8.06. The van der Waals surface area contributed by atoms with Gasteiger partial charge in [0.2, 0.25) is 5.91 Å². The molecule has 17 heavy (non-hydrogen) atoms. The maximum atomic E-state index is 12.0. The van der Waals surface area contributed by atoms with E-state index in [2.05, 4.69) is 11.9 Å². The van der Waals surface area contributed by atoms with Crippen LogP contribution in [0, 0.1) is 5.92 Å². The van der Waals surface area contributed by atoms with Crippen molar-refractivity contribution < 1.29 is 4.79 Å². The second-order valence-corrected chi connectivity index (χ2v) is 4.86. The summed E-state index contributed by atoms with van der Waals surface area (Å²) >= 11 is 5.77. The summed E-state index contributed by atoms with van der Waals surface area (Å²) in [6.07, 6.45) is 1.42. The molecule has 2 rings (SSSR count). The number of carbonyl (C=O) groups excluding carboxylic acids is 1. The van der Waals surface area contributed by atoms with Crippen LogP contribution in [0.3, 0.4) is 0 Å². The van der Waals surface area contributed by atoms with E-state index in [-0.39, 0.29) is 17.9 Å². The Hall–Kier alpha value is -1.32. The molecular formula is C13H15ClN2O. The maximum Gasteiger partial charge on any atom is 0.229 e. The number of hydrogen-bond acceptors (Lipinski definition) is 2. The molecule has 1 amide bonds. The predicted octanol–water partition coefficient (Wildman–Crippen LogP) is 2.57. The van der Waals surface area contributed by atoms with Gasteiger partial charge < -0.3 is 11.1 Å². The first-order valence-corrected chi connectivity index (χ1v) is 5.92. The molecule has 0 aliphatic heterocycles. The molecule has 0 radical (unpaired) electrons. The minimum absolute atomic E-state index is 0.0431. The van der Waals surface area contributed by atoms with E-state index >= 15 is 0 Å². The number of anilines is 1. The SMILES string of the molecule is C=C1CC(N)C(C(=O)Nc2ccc(Cl)cc2)C1. The predicted molar refractivity (Wildman–Crippen MR) is 69.9 cm³/mol. The van der Waals surface area contributed by atoms with Crippen molar-refractivity contribution in [3.8, 4) is 0 Å². The fraction of sp³-hybridized carbons (Fsp3) is 0.308. The highest BCUT2D eigenvalue weighted by Gasteiger charge is 2.32. The Kier molecular flexibility index (Phi) is 3.50. The van der Waals surface area contributed by atoms with Crippen LogP contribution in [0.2, 0.25) is 5.02 Å². The van der Waals surface area contributed by atoms with Gasteiger partial charge in [-0.3, -0.25) is 4.79 Å². The Morgan fingerprint density at radius 1 is 1.35 bits per heavy atom. The molecule has 0 saturated heterocycles. The summed E-state index contributed by atoms with van der Waals surface area (Å²) in [5, 5.41) is 3.49. The van der Waals surface area contributed by atoms with Crippen LogP contribution in [0.1, 0.15) is 12.8 Å². The van der Waals surface area contributed by atoms with Gasteiger partial charge in [0.05, 0.1) is 5.92 Å². The largest absolute Gasteiger partial charge is 0.327 e. The second kappa shape index (κ2) is 4.90. The van der Waals surface area contributed by atoms with Crippen molar-refractivity contribution in [2.75, 3.05) is 5.32 Å². The highest BCUT2D eigenvalue weighted by molar-refractivity contribution is 6.30. The van der Waals surface area contributed by atoms with Crippen LogP contribution in [0.5, 0.6) is 0 Å². The van der Waals surface area contributed by atoms with Crippen molar-refractivity contribution >= 4 is 23.2 Å². The zero-order chi connectivity index (χ0) is 12.4. The molecule has 4 heteroatoms. The Bertz CT molecular complexity index is 441. The summed E-state index contributed by atoms with van der Waals surface area (Å²) in [6, 6.07) is 6.91. The first kappa shape index (κ1) is 12.1. The van der Waals surface area contributed by atoms with Crippen LogP contribution in [0.15, 0.2) is 36.4 Å². The normalized spacial score (nSPS) is 23.8. The number of benzene rings is 1. The molecule has 0 bridgehead atoms. The number of nitrogens with two attached hydrogens (primary N) is 1. The molecule has 2 atom stereocenters. The molecule has 90 valence electrons. The lowest BCUT2D eigenvalue weighted by Gasteiger charge is -2.14. The van der Waals surface area contributed by atoms with E-state index in [9.17, 15) is 4.79 Å². The van der Waals surface area contributed by atoms with Crippen LogP contribution in [0.4, 0.5) is 5.69 Å². The average molecular weight is 251 g/mol. The van der Waals surface area contributed by atoms with Crippen molar-refractivity contribution in [1.29, 1.82) is 0 Å². The standard InChI is InChI=1S/C13H15ClN2O/c1-8-6-11(12(15)7-8)13(17)16-10-4-2-9(14)3-5-10/h2-5,11-12H,1,6-7,15H2,(H,16,17). The Morgan fingerprint density at radius 2 is 2.00 bits per heavy atom. The van der Waals surface area contributed by atoms with E-state index in [0.29, 0.717) is 11.4 Å². The number of hydrogen-bond donors (Lipinski definition) is 2. The summed E-state index contributed by atoms with van der Waals surface area (Å²) in [5.41, 5.74) is 7.69. The van der Waals surface area contributed by atoms with Gasteiger partial charge in [-0.05, 0) is 37.1 Å². The number of rotatable bonds is 2. The van der Waals surface area contributed by atoms with Gasteiger partial charge in [-0.1, -0.05) is 23.8 Å². The summed E-state index contributed by atoms with van der Waals surface area (Å²) in [4.78, 5) is 12.0. The molecule has 1 aliphatic rings. The molecule has 1 saturated carbocycles. The molecule has 1 fully saturated rings. The van der Waals surface area contributed by atoms with Crippen LogP contribution in [-0.2, 0) is 4.79 Å². The van der Waals surface area contributed by atoms with Crippen molar-refractivity contribution in [2.24, 2.45) is 11.7 Å². The number of nitrogens with one attached hydrogen (secondary N) is 1. The second-order valence-electron chi connectivity index (χ2n) is 4.42. The van der Waals surface area contributed by atoms with Gasteiger partial charge in [-0.15, -0.1) is 0 Å². The summed E-state index contributed by atoms with van der Waals surface area (Å²) < 4.78 is 0. The van der Waals surface area contributed by atoms with Crippen molar-refractivity contribution in [3.05, 3.63) is 41.4 Å². The molecule has 3 N–H and O–H groups in total. The smallest absolute Gasteiger partial charge is 0.229 e. The summed E-state index contributed by atoms with van der Waals surface area (Å²) in [6.45, 7) is 3.88. The zero-order valence-corrected chi connectivity index (χ0v) is 10.2. The van der Waals surface area contributed by atoms with Crippen molar-refractivity contribution in [3.63, 3.8) is 0 Å². The van der Waals surface area contributed by atoms with Crippen LogP contribution in [0.25, 0.3) is 0 Å². The Balaban J connectivity index is 2.02. The summed E-state index contributed by atoms with van der Waals surface area (Å²) in [7, 11) is 0. The van der Waals surface area contributed by atoms with E-state index in [1.165, 1.54) is 0 Å². The Morgan fingerprint density at radius 3 is 2.53 bits per heavy atom. The summed E-state index contributed by atoms with van der Waals surface area (Å²) in [5.74, 6) is -0.211. The van der Waals surface area contributed by atoms with Crippen LogP contribution >= 0.6 is 11.6 Å². The number of halogens is 1. The lowest BCUT2D eigenvalue weighted by atomic mass is 10.0. The number of carbonyl (C=O) groups is 1. The zero-order valence-electron chi connectivity index (χ0n) is 9.45. The third-order valence-electron chi connectivity index (χ3n) is 3.00. The molecule has 0 aromatic heterocycles. The fourth-order valence-electron chi connectivity index (χ4n) is 2.08. The van der Waals surface area contributed by atoms with E-state index in [0.717, 1.165) is 17.7 Å². The van der Waals surface area contributed by atoms with E-state index in [1.54, 1.807) is 24.3 Å². The van der Waals surface area contributed by atoms with Gasteiger partial charge in [0.1, 0.15) is 0 Å². The van der Waals surface area contributed by atoms with Gasteiger partial charge in [0.15, 0.2) is 0 Å². The van der Waals surface area contributed by atoms with Gasteiger partial charge in [0, 0.05) is 16.8 Å². The van der Waals surface area contributed by atoms with E-state index < -0.39 is 0 Å². The Labute approximate surface area is 106 Å². The van der Waals surface area contributed by atoms with Gasteiger partial charge in [0.25, 0.3) is 0 Å². The van der Waals surface area contributed by atoms with Crippen LogP contribution < -0.4 is 11.1 Å². The highest BCUT2D eigenvalue weighted by atomic mass is 35.5. The van der Waals surface area contributed by atoms with E-state index in [1.807, 2.05) is 0 Å². The molecule has 0 spiro atoms. The topological polar surface area (TPSA) is 55.1 Å². The molecule has 1 aromatic carbocycles. The van der Waals surface area contributed by atoms with E-state index in [4.69, 9.17) is 17.3 Å². The molecule has 1 aliphatic carbocycles. The molecule has 3 nitrogen and oxygen atoms in total. The fourth-order valence-corrected chi connectivity index (χ4v) is 2.20. The lowest BCUT2D eigenvalue weighted by Crippen LogP contribution is -2.34. The first-order valence-electron chi connectivity index (χ1n) is 5.55. The molecule has 1 aromatic rings. The quantitative estimate of drug-likeness (QED) is 0.793. The lowest BCUT2D eigenvalue weighted by molar-refractivity contribution is -0.119. The average Bonchev–Trinajstić information content (AvgIpc) is 2.61. The third-order valence-corrected chi connectivity index (χ3v) is 3.25. The molecular weight excluding hydrogens is 236 g/mol. The monoisotopic (exact) mass is 250 g/mol. The third kappa shape index (κ3) is 2.87. The molecule has 0 heterocycles. The van der Waals surface area contributed by atoms with Crippen molar-refractivity contribution in [1.82, 2.24) is 0 Å². The van der Waals surface area contributed by atoms with Gasteiger partial charge in [-0.2, -0.15) is 0 Å². The minimum atomic E-state index is -0.168. The number of amides is 1. The van der Waals surface area contributed by atoms with Gasteiger partial charge >= 0.3 is 0 Å². The van der Waals surface area contributed by atoms with Gasteiger partial charge in [-0.25, -0.2) is 0 Å².